The van der Waals surface area contributed by atoms with Crippen LogP contribution >= 0.6 is 0 Å². The number of nitrogens with one attached hydrogen (secondary N) is 1. The molecule has 1 heterocycles. The maximum atomic E-state index is 13.0. The largest absolute Gasteiger partial charge is 0.342 e. The monoisotopic (exact) mass is 292 g/mol. The van der Waals surface area contributed by atoms with Gasteiger partial charge in [-0.3, -0.25) is 9.59 Å². The van der Waals surface area contributed by atoms with Crippen molar-refractivity contribution in [2.75, 3.05) is 0 Å². The van der Waals surface area contributed by atoms with Crippen LogP contribution in [-0.2, 0) is 9.59 Å². The Morgan fingerprint density at radius 3 is 2.10 bits per heavy atom. The first-order valence-corrected chi connectivity index (χ1v) is 8.81. The Hall–Kier alpha value is -1.06. The molecule has 2 amide bonds. The van der Waals surface area contributed by atoms with Crippen LogP contribution < -0.4 is 5.32 Å². The molecule has 3 fully saturated rings. The summed E-state index contributed by atoms with van der Waals surface area (Å²) < 4.78 is 0. The van der Waals surface area contributed by atoms with Crippen molar-refractivity contribution in [3.63, 3.8) is 0 Å². The minimum Gasteiger partial charge on any atom is -0.342 e. The highest BCUT2D eigenvalue weighted by Gasteiger charge is 2.44. The van der Waals surface area contributed by atoms with Crippen molar-refractivity contribution in [3.8, 4) is 0 Å². The highest BCUT2D eigenvalue weighted by atomic mass is 16.2. The number of hydrogen-bond donors (Lipinski definition) is 1. The summed E-state index contributed by atoms with van der Waals surface area (Å²) in [6.45, 7) is 1.89. The lowest BCUT2D eigenvalue weighted by Crippen LogP contribution is -2.66. The summed E-state index contributed by atoms with van der Waals surface area (Å²) in [6.07, 6.45) is 11.6. The summed E-state index contributed by atoms with van der Waals surface area (Å²) in [5.74, 6) is 0.602. The Morgan fingerprint density at radius 1 is 0.905 bits per heavy atom. The minimum absolute atomic E-state index is 0.0516. The van der Waals surface area contributed by atoms with Gasteiger partial charge in [0.1, 0.15) is 12.1 Å². The SMILES string of the molecule is CC1C(=O)NC(C2CCCCC2)C(=O)N1C1CCCCC1. The molecule has 1 N–H and O–H groups in total. The van der Waals surface area contributed by atoms with Crippen LogP contribution in [0.4, 0.5) is 0 Å². The molecule has 0 aromatic carbocycles. The third-order valence-electron chi connectivity index (χ3n) is 5.70. The van der Waals surface area contributed by atoms with Crippen molar-refractivity contribution in [1.29, 1.82) is 0 Å². The maximum absolute atomic E-state index is 13.0. The predicted molar refractivity (Wildman–Crippen MR) is 81.7 cm³/mol. The summed E-state index contributed by atoms with van der Waals surface area (Å²) >= 11 is 0. The lowest BCUT2D eigenvalue weighted by molar-refractivity contribution is -0.154. The van der Waals surface area contributed by atoms with Crippen LogP contribution in [0, 0.1) is 5.92 Å². The molecule has 0 aromatic heterocycles. The van der Waals surface area contributed by atoms with E-state index < -0.39 is 0 Å². The number of nitrogens with zero attached hydrogens (tertiary/aromatic N) is 1. The Balaban J connectivity index is 1.77. The van der Waals surface area contributed by atoms with E-state index in [1.54, 1.807) is 0 Å². The smallest absolute Gasteiger partial charge is 0.246 e. The first kappa shape index (κ1) is 14.9. The van der Waals surface area contributed by atoms with Gasteiger partial charge in [0, 0.05) is 6.04 Å². The van der Waals surface area contributed by atoms with E-state index in [9.17, 15) is 9.59 Å². The molecule has 3 aliphatic rings. The van der Waals surface area contributed by atoms with E-state index >= 15 is 0 Å². The van der Waals surface area contributed by atoms with Crippen LogP contribution in [0.3, 0.4) is 0 Å². The van der Waals surface area contributed by atoms with Crippen molar-refractivity contribution < 1.29 is 9.59 Å². The minimum atomic E-state index is -0.291. The zero-order chi connectivity index (χ0) is 14.8. The van der Waals surface area contributed by atoms with Crippen LogP contribution in [0.2, 0.25) is 0 Å². The van der Waals surface area contributed by atoms with Gasteiger partial charge in [0.2, 0.25) is 11.8 Å². The van der Waals surface area contributed by atoms with Gasteiger partial charge < -0.3 is 10.2 Å². The molecule has 0 bridgehead atoms. The van der Waals surface area contributed by atoms with E-state index in [4.69, 9.17) is 0 Å². The zero-order valence-electron chi connectivity index (χ0n) is 13.1. The van der Waals surface area contributed by atoms with Gasteiger partial charge >= 0.3 is 0 Å². The fourth-order valence-corrected chi connectivity index (χ4v) is 4.46. The number of rotatable bonds is 2. The Bertz CT molecular complexity index is 398. The van der Waals surface area contributed by atoms with Crippen molar-refractivity contribution >= 4 is 11.8 Å². The Labute approximate surface area is 127 Å². The second-order valence-corrected chi connectivity index (χ2v) is 7.10. The third kappa shape index (κ3) is 2.95. The van der Waals surface area contributed by atoms with Gasteiger partial charge in [0.25, 0.3) is 0 Å². The maximum Gasteiger partial charge on any atom is 0.246 e. The standard InChI is InChI=1S/C17H28N2O2/c1-12-16(20)18-15(13-8-4-2-5-9-13)17(21)19(12)14-10-6-3-7-11-14/h12-15H,2-11H2,1H3,(H,18,20). The molecule has 21 heavy (non-hydrogen) atoms. The highest BCUT2D eigenvalue weighted by Crippen LogP contribution is 2.32. The van der Waals surface area contributed by atoms with Crippen molar-refractivity contribution in [2.45, 2.75) is 89.3 Å². The lowest BCUT2D eigenvalue weighted by Gasteiger charge is -2.45. The van der Waals surface area contributed by atoms with E-state index in [0.29, 0.717) is 12.0 Å². The summed E-state index contributed by atoms with van der Waals surface area (Å²) in [7, 11) is 0. The molecule has 0 aromatic rings. The molecule has 2 saturated carbocycles. The number of piperazine rings is 1. The van der Waals surface area contributed by atoms with Gasteiger partial charge in [-0.15, -0.1) is 0 Å². The van der Waals surface area contributed by atoms with E-state index in [-0.39, 0.29) is 23.9 Å². The predicted octanol–water partition coefficient (Wildman–Crippen LogP) is 2.61. The normalized spacial score (nSPS) is 33.1. The topological polar surface area (TPSA) is 49.4 Å². The zero-order valence-corrected chi connectivity index (χ0v) is 13.1. The quantitative estimate of drug-likeness (QED) is 0.850. The van der Waals surface area contributed by atoms with E-state index in [2.05, 4.69) is 5.32 Å². The number of carbonyl (C=O) groups excluding carboxylic acids is 2. The molecule has 1 saturated heterocycles. The summed E-state index contributed by atoms with van der Waals surface area (Å²) in [5, 5.41) is 3.02. The molecule has 2 unspecified atom stereocenters. The van der Waals surface area contributed by atoms with Crippen molar-refractivity contribution in [2.24, 2.45) is 5.92 Å². The molecule has 4 nitrogen and oxygen atoms in total. The Kier molecular flexibility index (Phi) is 4.51. The van der Waals surface area contributed by atoms with Gasteiger partial charge in [0.05, 0.1) is 0 Å². The first-order chi connectivity index (χ1) is 10.2. The average Bonchev–Trinajstić information content (AvgIpc) is 2.53. The molecular weight excluding hydrogens is 264 g/mol. The molecule has 4 heteroatoms. The second kappa shape index (κ2) is 6.37. The van der Waals surface area contributed by atoms with Gasteiger partial charge in [0.15, 0.2) is 0 Å². The second-order valence-electron chi connectivity index (χ2n) is 7.10. The fourth-order valence-electron chi connectivity index (χ4n) is 4.46. The first-order valence-electron chi connectivity index (χ1n) is 8.81. The van der Waals surface area contributed by atoms with Crippen LogP contribution in [0.25, 0.3) is 0 Å². The molecular formula is C17H28N2O2. The third-order valence-corrected chi connectivity index (χ3v) is 5.70. The Morgan fingerprint density at radius 2 is 1.48 bits per heavy atom. The molecule has 2 aliphatic carbocycles. The van der Waals surface area contributed by atoms with Crippen molar-refractivity contribution in [3.05, 3.63) is 0 Å². The van der Waals surface area contributed by atoms with Crippen molar-refractivity contribution in [1.82, 2.24) is 10.2 Å². The van der Waals surface area contributed by atoms with Crippen LogP contribution in [-0.4, -0.2) is 34.8 Å². The van der Waals surface area contributed by atoms with Gasteiger partial charge in [-0.1, -0.05) is 38.5 Å². The molecule has 0 radical (unpaired) electrons. The summed E-state index contributed by atoms with van der Waals surface area (Å²) in [5.41, 5.74) is 0. The average molecular weight is 292 g/mol. The number of hydrogen-bond acceptors (Lipinski definition) is 2. The van der Waals surface area contributed by atoms with E-state index in [1.165, 1.54) is 38.5 Å². The van der Waals surface area contributed by atoms with Gasteiger partial charge in [-0.2, -0.15) is 0 Å². The summed E-state index contributed by atoms with van der Waals surface area (Å²) in [6, 6.07) is -0.255. The molecule has 118 valence electrons. The van der Waals surface area contributed by atoms with E-state index in [1.807, 2.05) is 11.8 Å². The van der Waals surface area contributed by atoms with E-state index in [0.717, 1.165) is 25.7 Å². The van der Waals surface area contributed by atoms with Gasteiger partial charge in [-0.25, -0.2) is 0 Å². The van der Waals surface area contributed by atoms with Crippen LogP contribution in [0.15, 0.2) is 0 Å². The molecule has 2 atom stereocenters. The number of carbonyl (C=O) groups is 2. The molecule has 0 spiro atoms. The summed E-state index contributed by atoms with van der Waals surface area (Å²) in [4.78, 5) is 27.3. The highest BCUT2D eigenvalue weighted by molar-refractivity contribution is 5.97. The van der Waals surface area contributed by atoms with Gasteiger partial charge in [-0.05, 0) is 38.5 Å². The fraction of sp³-hybridized carbons (Fsp3) is 0.882. The van der Waals surface area contributed by atoms with Crippen LogP contribution in [0.5, 0.6) is 0 Å². The number of amides is 2. The van der Waals surface area contributed by atoms with Crippen LogP contribution in [0.1, 0.15) is 71.1 Å². The molecule has 3 rings (SSSR count). The lowest BCUT2D eigenvalue weighted by atomic mass is 9.81. The molecule has 1 aliphatic heterocycles.